The quantitative estimate of drug-likeness (QED) is 0.682. The topological polar surface area (TPSA) is 56.8 Å². The monoisotopic (exact) mass is 412 g/mol. The zero-order valence-electron chi connectivity index (χ0n) is 16.8. The first kappa shape index (κ1) is 21.1. The summed E-state index contributed by atoms with van der Waals surface area (Å²) in [5, 5.41) is 6.70. The molecule has 0 saturated carbocycles. The molecule has 3 rings (SSSR count). The molecule has 1 aliphatic rings. The molecular weight excluding hydrogens is 384 g/mol. The Balaban J connectivity index is 1.40. The van der Waals surface area contributed by atoms with Crippen molar-refractivity contribution in [1.29, 1.82) is 0 Å². The highest BCUT2D eigenvalue weighted by molar-refractivity contribution is 7.80. The molecule has 1 heterocycles. The fraction of sp³-hybridized carbons (Fsp3) is 0.364. The molecule has 0 atom stereocenters. The number of rotatable bonds is 7. The Labute approximate surface area is 177 Å². The smallest absolute Gasteiger partial charge is 0.243 e. The number of carbonyl (C=O) groups is 1. The number of benzene rings is 2. The third-order valence-corrected chi connectivity index (χ3v) is 5.24. The van der Waals surface area contributed by atoms with Crippen LogP contribution in [0.25, 0.3) is 0 Å². The summed E-state index contributed by atoms with van der Waals surface area (Å²) in [5.74, 6) is -0.0983. The van der Waals surface area contributed by atoms with E-state index < -0.39 is 0 Å². The summed E-state index contributed by atoms with van der Waals surface area (Å²) < 4.78 is 5.38. The fourth-order valence-electron chi connectivity index (χ4n) is 3.16. The van der Waals surface area contributed by atoms with Crippen LogP contribution in [0, 0.1) is 0 Å². The Morgan fingerprint density at radius 2 is 1.79 bits per heavy atom. The molecule has 0 spiro atoms. The Bertz CT molecular complexity index is 792. The average Bonchev–Trinajstić information content (AvgIpc) is 2.75. The van der Waals surface area contributed by atoms with Crippen LogP contribution in [0.4, 0.5) is 11.4 Å². The van der Waals surface area contributed by atoms with E-state index in [0.29, 0.717) is 5.11 Å². The van der Waals surface area contributed by atoms with Gasteiger partial charge in [0.1, 0.15) is 0 Å². The van der Waals surface area contributed by atoms with Gasteiger partial charge in [0.05, 0.1) is 19.8 Å². The maximum absolute atomic E-state index is 12.3. The van der Waals surface area contributed by atoms with Crippen molar-refractivity contribution in [3.63, 3.8) is 0 Å². The van der Waals surface area contributed by atoms with E-state index in [1.54, 1.807) is 4.90 Å². The van der Waals surface area contributed by atoms with Gasteiger partial charge in [-0.15, -0.1) is 0 Å². The number of likely N-dealkylation sites (N-methyl/N-ethyl adjacent to an activating group) is 1. The molecule has 2 aromatic carbocycles. The molecule has 1 fully saturated rings. The standard InChI is InChI=1S/C22H28N4O2S/c1-25(22(29)23-12-11-18-5-3-2-4-6-18)17-21(27)24-19-7-9-20(10-8-19)26-13-15-28-16-14-26/h2-10H,11-17H2,1H3,(H,23,29)(H,24,27). The molecule has 0 radical (unpaired) electrons. The summed E-state index contributed by atoms with van der Waals surface area (Å²) in [7, 11) is 1.82. The van der Waals surface area contributed by atoms with Gasteiger partial charge in [-0.05, 0) is 48.5 Å². The predicted octanol–water partition coefficient (Wildman–Crippen LogP) is 2.51. The maximum atomic E-state index is 12.3. The Hall–Kier alpha value is -2.64. The zero-order valence-corrected chi connectivity index (χ0v) is 17.6. The van der Waals surface area contributed by atoms with E-state index in [-0.39, 0.29) is 12.5 Å². The molecule has 0 aromatic heterocycles. The average molecular weight is 413 g/mol. The third kappa shape index (κ3) is 6.73. The van der Waals surface area contributed by atoms with Crippen LogP contribution in [-0.4, -0.2) is 62.4 Å². The van der Waals surface area contributed by atoms with Crippen molar-refractivity contribution in [2.24, 2.45) is 0 Å². The Kier molecular flexibility index (Phi) is 7.84. The first-order valence-electron chi connectivity index (χ1n) is 9.87. The first-order valence-corrected chi connectivity index (χ1v) is 10.3. The number of anilines is 2. The highest BCUT2D eigenvalue weighted by atomic mass is 32.1. The van der Waals surface area contributed by atoms with E-state index in [9.17, 15) is 4.79 Å². The summed E-state index contributed by atoms with van der Waals surface area (Å²) in [5.41, 5.74) is 3.18. The third-order valence-electron chi connectivity index (χ3n) is 4.79. The molecule has 1 saturated heterocycles. The van der Waals surface area contributed by atoms with Gasteiger partial charge in [0.15, 0.2) is 5.11 Å². The van der Waals surface area contributed by atoms with Gasteiger partial charge in [-0.25, -0.2) is 0 Å². The molecule has 2 N–H and O–H groups in total. The molecule has 1 aliphatic heterocycles. The second-order valence-electron chi connectivity index (χ2n) is 7.02. The van der Waals surface area contributed by atoms with Crippen LogP contribution in [0.2, 0.25) is 0 Å². The number of carbonyl (C=O) groups excluding carboxylic acids is 1. The van der Waals surface area contributed by atoms with Crippen molar-refractivity contribution in [1.82, 2.24) is 10.2 Å². The minimum Gasteiger partial charge on any atom is -0.378 e. The summed E-state index contributed by atoms with van der Waals surface area (Å²) in [6.45, 7) is 4.23. The number of amides is 1. The van der Waals surface area contributed by atoms with Gasteiger partial charge in [0.25, 0.3) is 0 Å². The second-order valence-corrected chi connectivity index (χ2v) is 7.40. The van der Waals surface area contributed by atoms with Crippen LogP contribution in [0.5, 0.6) is 0 Å². The van der Waals surface area contributed by atoms with E-state index in [1.807, 2.05) is 49.5 Å². The molecular formula is C22H28N4O2S. The van der Waals surface area contributed by atoms with Crippen molar-refractivity contribution < 1.29 is 9.53 Å². The van der Waals surface area contributed by atoms with Crippen molar-refractivity contribution in [3.8, 4) is 0 Å². The van der Waals surface area contributed by atoms with Gasteiger partial charge in [-0.2, -0.15) is 0 Å². The van der Waals surface area contributed by atoms with Crippen LogP contribution in [0.3, 0.4) is 0 Å². The molecule has 0 unspecified atom stereocenters. The lowest BCUT2D eigenvalue weighted by Crippen LogP contribution is -2.42. The first-order chi connectivity index (χ1) is 14.1. The number of hydrogen-bond acceptors (Lipinski definition) is 4. The van der Waals surface area contributed by atoms with Crippen LogP contribution < -0.4 is 15.5 Å². The lowest BCUT2D eigenvalue weighted by Gasteiger charge is -2.29. The molecule has 0 aliphatic carbocycles. The van der Waals surface area contributed by atoms with E-state index >= 15 is 0 Å². The molecule has 6 nitrogen and oxygen atoms in total. The van der Waals surface area contributed by atoms with E-state index in [1.165, 1.54) is 5.56 Å². The summed E-state index contributed by atoms with van der Waals surface area (Å²) in [6.07, 6.45) is 0.885. The highest BCUT2D eigenvalue weighted by Gasteiger charge is 2.12. The molecule has 7 heteroatoms. The van der Waals surface area contributed by atoms with Crippen LogP contribution >= 0.6 is 12.2 Å². The molecule has 0 bridgehead atoms. The zero-order chi connectivity index (χ0) is 20.5. The Morgan fingerprint density at radius 3 is 2.48 bits per heavy atom. The number of nitrogens with zero attached hydrogens (tertiary/aromatic N) is 2. The number of nitrogens with one attached hydrogen (secondary N) is 2. The van der Waals surface area contributed by atoms with Gasteiger partial charge in [0.2, 0.25) is 5.91 Å². The number of thiocarbonyl (C=S) groups is 1. The van der Waals surface area contributed by atoms with Gasteiger partial charge >= 0.3 is 0 Å². The van der Waals surface area contributed by atoms with E-state index in [4.69, 9.17) is 17.0 Å². The number of morpholine rings is 1. The summed E-state index contributed by atoms with van der Waals surface area (Å²) in [4.78, 5) is 16.4. The summed E-state index contributed by atoms with van der Waals surface area (Å²) in [6, 6.07) is 18.1. The molecule has 29 heavy (non-hydrogen) atoms. The molecule has 1 amide bonds. The predicted molar refractivity (Wildman–Crippen MR) is 121 cm³/mol. The normalized spacial score (nSPS) is 13.6. The van der Waals surface area contributed by atoms with Gasteiger partial charge in [-0.1, -0.05) is 30.3 Å². The second kappa shape index (κ2) is 10.8. The van der Waals surface area contributed by atoms with Crippen molar-refractivity contribution in [3.05, 3.63) is 60.2 Å². The maximum Gasteiger partial charge on any atom is 0.243 e. The van der Waals surface area contributed by atoms with Gasteiger partial charge in [0, 0.05) is 38.1 Å². The van der Waals surface area contributed by atoms with Crippen molar-refractivity contribution >= 4 is 34.6 Å². The largest absolute Gasteiger partial charge is 0.378 e. The number of ether oxygens (including phenoxy) is 1. The molecule has 2 aromatic rings. The lowest BCUT2D eigenvalue weighted by molar-refractivity contribution is -0.116. The van der Waals surface area contributed by atoms with E-state index in [0.717, 1.165) is 50.6 Å². The van der Waals surface area contributed by atoms with Crippen LogP contribution in [0.1, 0.15) is 5.56 Å². The highest BCUT2D eigenvalue weighted by Crippen LogP contribution is 2.19. The Morgan fingerprint density at radius 1 is 1.10 bits per heavy atom. The van der Waals surface area contributed by atoms with Gasteiger partial charge < -0.3 is 25.2 Å². The molecule has 154 valence electrons. The lowest BCUT2D eigenvalue weighted by atomic mass is 10.1. The fourth-order valence-corrected chi connectivity index (χ4v) is 3.32. The summed E-state index contributed by atoms with van der Waals surface area (Å²) >= 11 is 5.38. The van der Waals surface area contributed by atoms with Crippen LogP contribution in [0.15, 0.2) is 54.6 Å². The van der Waals surface area contributed by atoms with Crippen molar-refractivity contribution in [2.75, 3.05) is 56.7 Å². The van der Waals surface area contributed by atoms with E-state index in [2.05, 4.69) is 27.7 Å². The minimum absolute atomic E-state index is 0.0983. The van der Waals surface area contributed by atoms with Crippen LogP contribution in [-0.2, 0) is 16.0 Å². The van der Waals surface area contributed by atoms with Gasteiger partial charge in [-0.3, -0.25) is 4.79 Å². The number of hydrogen-bond donors (Lipinski definition) is 2. The van der Waals surface area contributed by atoms with Crippen molar-refractivity contribution in [2.45, 2.75) is 6.42 Å². The minimum atomic E-state index is -0.0983. The SMILES string of the molecule is CN(CC(=O)Nc1ccc(N2CCOCC2)cc1)C(=S)NCCc1ccccc1.